The van der Waals surface area contributed by atoms with Crippen LogP contribution in [0.15, 0.2) is 54.6 Å². The first-order chi connectivity index (χ1) is 11.7. The van der Waals surface area contributed by atoms with E-state index in [9.17, 15) is 4.79 Å². The third-order valence-electron chi connectivity index (χ3n) is 3.22. The molecule has 24 heavy (non-hydrogen) atoms. The monoisotopic (exact) mass is 343 g/mol. The van der Waals surface area contributed by atoms with Crippen molar-refractivity contribution in [3.8, 4) is 5.75 Å². The molecule has 2 rings (SSSR count). The van der Waals surface area contributed by atoms with Gasteiger partial charge < -0.3 is 10.1 Å². The molecule has 0 saturated heterocycles. The van der Waals surface area contributed by atoms with Gasteiger partial charge in [-0.3, -0.25) is 15.6 Å². The fourth-order valence-electron chi connectivity index (χ4n) is 2.06. The highest BCUT2D eigenvalue weighted by molar-refractivity contribution is 7.80. The average Bonchev–Trinajstić information content (AvgIpc) is 2.61. The summed E-state index contributed by atoms with van der Waals surface area (Å²) in [6, 6.07) is 17.3. The summed E-state index contributed by atoms with van der Waals surface area (Å²) in [6.07, 6.45) is 1.08. The van der Waals surface area contributed by atoms with Crippen LogP contribution >= 0.6 is 12.2 Å². The number of carbonyl (C=O) groups excluding carboxylic acids is 1. The standard InChI is InChI=1S/C18H21N3O2S/c1-2-23-16-11-9-15(10-12-16)19-18(24)21-20-17(22)13-8-14-6-4-3-5-7-14/h3-7,9-12H,2,8,13H2,1H3,(H,20,22)(H2,19,21,24). The lowest BCUT2D eigenvalue weighted by Gasteiger charge is -2.12. The Morgan fingerprint density at radius 3 is 2.42 bits per heavy atom. The van der Waals surface area contributed by atoms with Crippen LogP contribution in [0.25, 0.3) is 0 Å². The van der Waals surface area contributed by atoms with Gasteiger partial charge in [-0.1, -0.05) is 30.3 Å². The largest absolute Gasteiger partial charge is 0.494 e. The molecular weight excluding hydrogens is 322 g/mol. The van der Waals surface area contributed by atoms with Crippen molar-refractivity contribution in [2.45, 2.75) is 19.8 Å². The summed E-state index contributed by atoms with van der Waals surface area (Å²) in [7, 11) is 0. The number of rotatable bonds is 6. The first-order valence-corrected chi connectivity index (χ1v) is 8.21. The van der Waals surface area contributed by atoms with Crippen LogP contribution in [0.5, 0.6) is 5.75 Å². The number of hydrazine groups is 1. The zero-order valence-electron chi connectivity index (χ0n) is 13.5. The van der Waals surface area contributed by atoms with Crippen molar-refractivity contribution < 1.29 is 9.53 Å². The number of nitrogens with one attached hydrogen (secondary N) is 3. The number of carbonyl (C=O) groups is 1. The average molecular weight is 343 g/mol. The molecule has 0 aliphatic heterocycles. The summed E-state index contributed by atoms with van der Waals surface area (Å²) in [6.45, 7) is 2.56. The molecule has 0 saturated carbocycles. The lowest BCUT2D eigenvalue weighted by molar-refractivity contribution is -0.121. The number of hydrogen-bond donors (Lipinski definition) is 3. The Morgan fingerprint density at radius 2 is 1.75 bits per heavy atom. The number of aryl methyl sites for hydroxylation is 1. The second-order valence-corrected chi connectivity index (χ2v) is 5.48. The molecule has 0 heterocycles. The van der Waals surface area contributed by atoms with Crippen LogP contribution in [0.1, 0.15) is 18.9 Å². The Kier molecular flexibility index (Phi) is 7.04. The Bertz CT molecular complexity index is 660. The minimum absolute atomic E-state index is 0.116. The van der Waals surface area contributed by atoms with E-state index in [4.69, 9.17) is 17.0 Å². The van der Waals surface area contributed by atoms with Crippen LogP contribution in [0.2, 0.25) is 0 Å². The molecule has 0 aliphatic carbocycles. The van der Waals surface area contributed by atoms with Crippen molar-refractivity contribution in [1.29, 1.82) is 0 Å². The van der Waals surface area contributed by atoms with E-state index in [1.54, 1.807) is 0 Å². The van der Waals surface area contributed by atoms with Gasteiger partial charge in [0.2, 0.25) is 5.91 Å². The molecule has 0 radical (unpaired) electrons. The first-order valence-electron chi connectivity index (χ1n) is 7.80. The number of amides is 1. The van der Waals surface area contributed by atoms with Gasteiger partial charge >= 0.3 is 0 Å². The zero-order chi connectivity index (χ0) is 17.2. The molecule has 0 atom stereocenters. The summed E-state index contributed by atoms with van der Waals surface area (Å²) < 4.78 is 5.37. The summed E-state index contributed by atoms with van der Waals surface area (Å²) in [5.74, 6) is 0.686. The molecule has 0 spiro atoms. The zero-order valence-corrected chi connectivity index (χ0v) is 14.4. The molecule has 0 unspecified atom stereocenters. The van der Waals surface area contributed by atoms with Gasteiger partial charge in [0.05, 0.1) is 6.61 Å². The Labute approximate surface area is 147 Å². The normalized spacial score (nSPS) is 9.88. The van der Waals surface area contributed by atoms with Gasteiger partial charge in [0.1, 0.15) is 5.75 Å². The highest BCUT2D eigenvalue weighted by Crippen LogP contribution is 2.15. The van der Waals surface area contributed by atoms with Crippen LogP contribution in [-0.2, 0) is 11.2 Å². The predicted octanol–water partition coefficient (Wildman–Crippen LogP) is 3.04. The van der Waals surface area contributed by atoms with Gasteiger partial charge in [0.15, 0.2) is 5.11 Å². The van der Waals surface area contributed by atoms with Gasteiger partial charge in [-0.15, -0.1) is 0 Å². The molecule has 6 heteroatoms. The number of anilines is 1. The van der Waals surface area contributed by atoms with E-state index in [0.717, 1.165) is 17.0 Å². The maximum atomic E-state index is 11.8. The van der Waals surface area contributed by atoms with Crippen molar-refractivity contribution in [2.75, 3.05) is 11.9 Å². The third-order valence-corrected chi connectivity index (χ3v) is 3.43. The van der Waals surface area contributed by atoms with E-state index in [1.807, 2.05) is 61.5 Å². The van der Waals surface area contributed by atoms with Gasteiger partial charge in [-0.25, -0.2) is 0 Å². The first kappa shape index (κ1) is 17.7. The summed E-state index contributed by atoms with van der Waals surface area (Å²) in [5.41, 5.74) is 7.23. The molecule has 0 fully saturated rings. The number of ether oxygens (including phenoxy) is 1. The van der Waals surface area contributed by atoms with E-state index in [-0.39, 0.29) is 5.91 Å². The second kappa shape index (κ2) is 9.52. The Hall–Kier alpha value is -2.60. The summed E-state index contributed by atoms with van der Waals surface area (Å²) >= 11 is 5.15. The van der Waals surface area contributed by atoms with E-state index in [1.165, 1.54) is 0 Å². The molecule has 3 N–H and O–H groups in total. The molecule has 126 valence electrons. The fraction of sp³-hybridized carbons (Fsp3) is 0.222. The molecule has 0 aliphatic rings. The fourth-order valence-corrected chi connectivity index (χ4v) is 2.22. The smallest absolute Gasteiger partial charge is 0.238 e. The van der Waals surface area contributed by atoms with Gasteiger partial charge in [0.25, 0.3) is 0 Å². The lowest BCUT2D eigenvalue weighted by Crippen LogP contribution is -2.43. The van der Waals surface area contributed by atoms with E-state index in [2.05, 4.69) is 16.2 Å². The van der Waals surface area contributed by atoms with Crippen LogP contribution < -0.4 is 20.9 Å². The van der Waals surface area contributed by atoms with E-state index < -0.39 is 0 Å². The Balaban J connectivity index is 1.69. The minimum Gasteiger partial charge on any atom is -0.494 e. The van der Waals surface area contributed by atoms with Crippen molar-refractivity contribution in [2.24, 2.45) is 0 Å². The van der Waals surface area contributed by atoms with Gasteiger partial charge in [-0.2, -0.15) is 0 Å². The molecule has 1 amide bonds. The highest BCUT2D eigenvalue weighted by Gasteiger charge is 2.03. The highest BCUT2D eigenvalue weighted by atomic mass is 32.1. The van der Waals surface area contributed by atoms with Crippen LogP contribution in [0.3, 0.4) is 0 Å². The van der Waals surface area contributed by atoms with Crippen LogP contribution in [-0.4, -0.2) is 17.6 Å². The van der Waals surface area contributed by atoms with Gasteiger partial charge in [0, 0.05) is 12.1 Å². The van der Waals surface area contributed by atoms with Crippen molar-refractivity contribution >= 4 is 28.9 Å². The van der Waals surface area contributed by atoms with E-state index in [0.29, 0.717) is 24.6 Å². The number of thiocarbonyl (C=S) groups is 1. The molecule has 0 aromatic heterocycles. The maximum Gasteiger partial charge on any atom is 0.238 e. The minimum atomic E-state index is -0.116. The second-order valence-electron chi connectivity index (χ2n) is 5.07. The predicted molar refractivity (Wildman–Crippen MR) is 99.9 cm³/mol. The number of hydrogen-bond acceptors (Lipinski definition) is 3. The third kappa shape index (κ3) is 6.26. The van der Waals surface area contributed by atoms with Gasteiger partial charge in [-0.05, 0) is 55.4 Å². The van der Waals surface area contributed by atoms with Crippen molar-refractivity contribution in [3.63, 3.8) is 0 Å². The quantitative estimate of drug-likeness (QED) is 0.556. The molecule has 0 bridgehead atoms. The lowest BCUT2D eigenvalue weighted by atomic mass is 10.1. The maximum absolute atomic E-state index is 11.8. The van der Waals surface area contributed by atoms with E-state index >= 15 is 0 Å². The topological polar surface area (TPSA) is 62.4 Å². The van der Waals surface area contributed by atoms with Crippen molar-refractivity contribution in [1.82, 2.24) is 10.9 Å². The molecular formula is C18H21N3O2S. The molecule has 2 aromatic rings. The number of benzene rings is 2. The van der Waals surface area contributed by atoms with Crippen LogP contribution in [0.4, 0.5) is 5.69 Å². The van der Waals surface area contributed by atoms with Crippen LogP contribution in [0, 0.1) is 0 Å². The summed E-state index contributed by atoms with van der Waals surface area (Å²) in [4.78, 5) is 11.8. The summed E-state index contributed by atoms with van der Waals surface area (Å²) in [5, 5.41) is 3.32. The van der Waals surface area contributed by atoms with Crippen molar-refractivity contribution in [3.05, 3.63) is 60.2 Å². The Morgan fingerprint density at radius 1 is 1.04 bits per heavy atom. The molecule has 5 nitrogen and oxygen atoms in total. The molecule has 2 aromatic carbocycles. The SMILES string of the molecule is CCOc1ccc(NC(=S)NNC(=O)CCc2ccccc2)cc1.